The van der Waals surface area contributed by atoms with Gasteiger partial charge >= 0.3 is 0 Å². The average molecular weight is 193 g/mol. The Labute approximate surface area is 84.3 Å². The van der Waals surface area contributed by atoms with Crippen LogP contribution in [-0.4, -0.2) is 13.1 Å². The summed E-state index contributed by atoms with van der Waals surface area (Å²) < 4.78 is 12.5. The van der Waals surface area contributed by atoms with E-state index in [1.165, 1.54) is 18.4 Å². The van der Waals surface area contributed by atoms with Gasteiger partial charge in [0.1, 0.15) is 6.67 Å². The number of piperidine rings is 1. The van der Waals surface area contributed by atoms with Crippen LogP contribution < -0.4 is 5.32 Å². The molecule has 1 aliphatic heterocycles. The van der Waals surface area contributed by atoms with Crippen molar-refractivity contribution >= 4 is 0 Å². The molecule has 0 spiro atoms. The number of hydrogen-bond donors (Lipinski definition) is 1. The maximum Gasteiger partial charge on any atom is 0.115 e. The largest absolute Gasteiger partial charge is 0.317 e. The molecular weight excluding hydrogens is 177 g/mol. The van der Waals surface area contributed by atoms with E-state index in [1.54, 1.807) is 0 Å². The smallest absolute Gasteiger partial charge is 0.115 e. The molecule has 0 amide bonds. The van der Waals surface area contributed by atoms with Gasteiger partial charge in [0, 0.05) is 0 Å². The summed E-state index contributed by atoms with van der Waals surface area (Å²) in [5.41, 5.74) is 2.11. The molecule has 1 aromatic rings. The molecule has 1 N–H and O–H groups in total. The molecule has 76 valence electrons. The van der Waals surface area contributed by atoms with Gasteiger partial charge in [-0.25, -0.2) is 4.39 Å². The lowest BCUT2D eigenvalue weighted by Crippen LogP contribution is -2.26. The first-order valence-electron chi connectivity index (χ1n) is 5.25. The van der Waals surface area contributed by atoms with E-state index in [9.17, 15) is 4.39 Å². The number of hydrogen-bond acceptors (Lipinski definition) is 1. The highest BCUT2D eigenvalue weighted by Gasteiger charge is 2.14. The Kier molecular flexibility index (Phi) is 3.14. The van der Waals surface area contributed by atoms with Crippen LogP contribution in [0.2, 0.25) is 0 Å². The third-order valence-corrected chi connectivity index (χ3v) is 2.92. The molecule has 14 heavy (non-hydrogen) atoms. The normalized spacial score (nSPS) is 18.4. The maximum absolute atomic E-state index is 12.5. The molecule has 0 atom stereocenters. The number of alkyl halides is 1. The van der Waals surface area contributed by atoms with Crippen LogP contribution in [0.3, 0.4) is 0 Å². The Balaban J connectivity index is 2.13. The first-order chi connectivity index (χ1) is 6.90. The van der Waals surface area contributed by atoms with Crippen molar-refractivity contribution in [3.8, 4) is 0 Å². The van der Waals surface area contributed by atoms with E-state index in [0.29, 0.717) is 5.92 Å². The predicted molar refractivity (Wildman–Crippen MR) is 56.1 cm³/mol. The number of halogens is 1. The van der Waals surface area contributed by atoms with Gasteiger partial charge in [-0.15, -0.1) is 0 Å². The molecule has 2 rings (SSSR count). The van der Waals surface area contributed by atoms with E-state index in [2.05, 4.69) is 11.4 Å². The van der Waals surface area contributed by atoms with Gasteiger partial charge in [-0.3, -0.25) is 0 Å². The van der Waals surface area contributed by atoms with E-state index in [0.717, 1.165) is 18.7 Å². The molecule has 0 aromatic heterocycles. The Morgan fingerprint density at radius 2 is 2.07 bits per heavy atom. The van der Waals surface area contributed by atoms with Crippen molar-refractivity contribution < 1.29 is 4.39 Å². The summed E-state index contributed by atoms with van der Waals surface area (Å²) >= 11 is 0. The molecule has 0 aliphatic carbocycles. The fourth-order valence-corrected chi connectivity index (χ4v) is 2.09. The molecule has 0 bridgehead atoms. The first-order valence-corrected chi connectivity index (χ1v) is 5.25. The molecule has 1 fully saturated rings. The lowest BCUT2D eigenvalue weighted by molar-refractivity contribution is 0.457. The van der Waals surface area contributed by atoms with E-state index >= 15 is 0 Å². The van der Waals surface area contributed by atoms with Crippen molar-refractivity contribution in [1.82, 2.24) is 5.32 Å². The van der Waals surface area contributed by atoms with Gasteiger partial charge in [-0.05, 0) is 43.0 Å². The number of benzene rings is 1. The van der Waals surface area contributed by atoms with E-state index in [-0.39, 0.29) is 6.67 Å². The van der Waals surface area contributed by atoms with Crippen molar-refractivity contribution in [2.24, 2.45) is 0 Å². The lowest BCUT2D eigenvalue weighted by Gasteiger charge is -2.23. The predicted octanol–water partition coefficient (Wildman–Crippen LogP) is 2.62. The molecule has 1 aromatic carbocycles. The quantitative estimate of drug-likeness (QED) is 0.761. The summed E-state index contributed by atoms with van der Waals surface area (Å²) in [7, 11) is 0. The van der Waals surface area contributed by atoms with Crippen molar-refractivity contribution in [1.29, 1.82) is 0 Å². The van der Waals surface area contributed by atoms with Crippen LogP contribution in [0.4, 0.5) is 4.39 Å². The standard InChI is InChI=1S/C12H16FN/c13-9-10-2-1-3-12(8-10)11-4-6-14-7-5-11/h1-3,8,11,14H,4-7,9H2. The molecule has 1 aliphatic rings. The summed E-state index contributed by atoms with van der Waals surface area (Å²) in [6.07, 6.45) is 2.35. The molecule has 0 unspecified atom stereocenters. The Hall–Kier alpha value is -0.890. The van der Waals surface area contributed by atoms with Crippen LogP contribution in [0.5, 0.6) is 0 Å². The highest BCUT2D eigenvalue weighted by Crippen LogP contribution is 2.25. The molecule has 1 heterocycles. The Morgan fingerprint density at radius 1 is 1.29 bits per heavy atom. The molecule has 0 saturated carbocycles. The minimum absolute atomic E-state index is 0.348. The topological polar surface area (TPSA) is 12.0 Å². The highest BCUT2D eigenvalue weighted by atomic mass is 19.1. The summed E-state index contributed by atoms with van der Waals surface area (Å²) in [6.45, 7) is 1.83. The minimum Gasteiger partial charge on any atom is -0.317 e. The van der Waals surface area contributed by atoms with Gasteiger partial charge in [-0.2, -0.15) is 0 Å². The first kappa shape index (κ1) is 9.66. The van der Waals surface area contributed by atoms with Gasteiger partial charge in [-0.1, -0.05) is 24.3 Å². The summed E-state index contributed by atoms with van der Waals surface area (Å²) in [4.78, 5) is 0. The zero-order valence-electron chi connectivity index (χ0n) is 8.30. The molecule has 0 radical (unpaired) electrons. The second-order valence-corrected chi connectivity index (χ2v) is 3.90. The fourth-order valence-electron chi connectivity index (χ4n) is 2.09. The van der Waals surface area contributed by atoms with Gasteiger partial charge in [0.05, 0.1) is 0 Å². The maximum atomic E-state index is 12.5. The molecule has 1 saturated heterocycles. The third kappa shape index (κ3) is 2.13. The van der Waals surface area contributed by atoms with Crippen LogP contribution >= 0.6 is 0 Å². The van der Waals surface area contributed by atoms with Crippen molar-refractivity contribution in [3.63, 3.8) is 0 Å². The minimum atomic E-state index is -0.348. The fraction of sp³-hybridized carbons (Fsp3) is 0.500. The monoisotopic (exact) mass is 193 g/mol. The van der Waals surface area contributed by atoms with Gasteiger partial charge in [0.15, 0.2) is 0 Å². The zero-order chi connectivity index (χ0) is 9.80. The van der Waals surface area contributed by atoms with E-state index in [1.807, 2.05) is 18.2 Å². The van der Waals surface area contributed by atoms with Crippen molar-refractivity contribution in [2.75, 3.05) is 13.1 Å². The lowest BCUT2D eigenvalue weighted by atomic mass is 9.89. The number of nitrogens with one attached hydrogen (secondary N) is 1. The molecular formula is C12H16FN. The summed E-state index contributed by atoms with van der Waals surface area (Å²) in [5.74, 6) is 0.628. The summed E-state index contributed by atoms with van der Waals surface area (Å²) in [6, 6.07) is 7.95. The van der Waals surface area contributed by atoms with Crippen LogP contribution in [0.15, 0.2) is 24.3 Å². The second-order valence-electron chi connectivity index (χ2n) is 3.90. The average Bonchev–Trinajstić information content (AvgIpc) is 2.30. The highest BCUT2D eigenvalue weighted by molar-refractivity contribution is 5.26. The van der Waals surface area contributed by atoms with Gasteiger partial charge in [0.25, 0.3) is 0 Å². The van der Waals surface area contributed by atoms with E-state index < -0.39 is 0 Å². The van der Waals surface area contributed by atoms with Crippen LogP contribution in [0.1, 0.15) is 29.9 Å². The Bertz CT molecular complexity index is 292. The van der Waals surface area contributed by atoms with Crippen molar-refractivity contribution in [2.45, 2.75) is 25.4 Å². The third-order valence-electron chi connectivity index (χ3n) is 2.92. The Morgan fingerprint density at radius 3 is 2.79 bits per heavy atom. The van der Waals surface area contributed by atoms with Crippen LogP contribution in [0.25, 0.3) is 0 Å². The van der Waals surface area contributed by atoms with Crippen LogP contribution in [-0.2, 0) is 6.67 Å². The van der Waals surface area contributed by atoms with Gasteiger partial charge < -0.3 is 5.32 Å². The molecule has 1 nitrogen and oxygen atoms in total. The van der Waals surface area contributed by atoms with E-state index in [4.69, 9.17) is 0 Å². The molecule has 2 heteroatoms. The zero-order valence-corrected chi connectivity index (χ0v) is 8.30. The van der Waals surface area contributed by atoms with Crippen LogP contribution in [0, 0.1) is 0 Å². The summed E-state index contributed by atoms with van der Waals surface area (Å²) in [5, 5.41) is 3.34. The van der Waals surface area contributed by atoms with Crippen molar-refractivity contribution in [3.05, 3.63) is 35.4 Å². The van der Waals surface area contributed by atoms with Gasteiger partial charge in [0.2, 0.25) is 0 Å². The number of rotatable bonds is 2. The second kappa shape index (κ2) is 4.56. The SMILES string of the molecule is FCc1cccc(C2CCNCC2)c1.